The van der Waals surface area contributed by atoms with E-state index in [1.54, 1.807) is 41.2 Å². The number of ether oxygens (including phenoxy) is 1. The number of anilines is 2. The predicted molar refractivity (Wildman–Crippen MR) is 122 cm³/mol. The SMILES string of the molecule is CCN(CC(=O)Nc1cccc(OC)c1)CC(=O)N(CCC#N)c1cc(C)cc(C)c1. The van der Waals surface area contributed by atoms with Gasteiger partial charge >= 0.3 is 0 Å². The average Bonchev–Trinajstić information content (AvgIpc) is 2.73. The maximum atomic E-state index is 13.1. The first kappa shape index (κ1) is 23.9. The van der Waals surface area contributed by atoms with Gasteiger partial charge in [0, 0.05) is 24.0 Å². The third-order valence-electron chi connectivity index (χ3n) is 4.79. The summed E-state index contributed by atoms with van der Waals surface area (Å²) in [6.07, 6.45) is 0.237. The van der Waals surface area contributed by atoms with E-state index >= 15 is 0 Å². The zero-order valence-corrected chi connectivity index (χ0v) is 18.6. The highest BCUT2D eigenvalue weighted by molar-refractivity contribution is 5.96. The lowest BCUT2D eigenvalue weighted by Crippen LogP contribution is -2.43. The number of rotatable bonds is 10. The van der Waals surface area contributed by atoms with Gasteiger partial charge in [-0.2, -0.15) is 5.26 Å². The Kier molecular flexibility index (Phi) is 9.04. The maximum absolute atomic E-state index is 13.1. The second-order valence-corrected chi connectivity index (χ2v) is 7.38. The third kappa shape index (κ3) is 7.43. The number of nitrogens with zero attached hydrogens (tertiary/aromatic N) is 3. The number of hydrogen-bond donors (Lipinski definition) is 1. The predicted octanol–water partition coefficient (Wildman–Crippen LogP) is 3.52. The van der Waals surface area contributed by atoms with Gasteiger partial charge in [-0.3, -0.25) is 14.5 Å². The van der Waals surface area contributed by atoms with E-state index < -0.39 is 0 Å². The number of carbonyl (C=O) groups is 2. The summed E-state index contributed by atoms with van der Waals surface area (Å²) in [6, 6.07) is 15.1. The van der Waals surface area contributed by atoms with Crippen LogP contribution in [0.5, 0.6) is 5.75 Å². The van der Waals surface area contributed by atoms with Crippen molar-refractivity contribution < 1.29 is 14.3 Å². The zero-order chi connectivity index (χ0) is 22.8. The fourth-order valence-electron chi connectivity index (χ4n) is 3.33. The van der Waals surface area contributed by atoms with E-state index in [-0.39, 0.29) is 31.3 Å². The minimum absolute atomic E-state index is 0.0817. The molecule has 2 rings (SSSR count). The van der Waals surface area contributed by atoms with Crippen LogP contribution in [0.3, 0.4) is 0 Å². The molecule has 0 unspecified atom stereocenters. The highest BCUT2D eigenvalue weighted by atomic mass is 16.5. The summed E-state index contributed by atoms with van der Waals surface area (Å²) >= 11 is 0. The lowest BCUT2D eigenvalue weighted by atomic mass is 10.1. The van der Waals surface area contributed by atoms with Crippen molar-refractivity contribution in [1.29, 1.82) is 5.26 Å². The molecule has 2 aromatic carbocycles. The first-order valence-electron chi connectivity index (χ1n) is 10.3. The quantitative estimate of drug-likeness (QED) is 0.633. The standard InChI is InChI=1S/C24H30N4O3/c1-5-27(16-23(29)26-20-8-6-9-22(15-20)31-4)17-24(30)28(11-7-10-25)21-13-18(2)12-19(3)14-21/h6,8-9,12-15H,5,7,11,16-17H2,1-4H3,(H,26,29). The van der Waals surface area contributed by atoms with Gasteiger partial charge in [0.1, 0.15) is 5.75 Å². The molecule has 0 bridgehead atoms. The van der Waals surface area contributed by atoms with Crippen molar-refractivity contribution in [2.75, 3.05) is 43.5 Å². The van der Waals surface area contributed by atoms with Crippen molar-refractivity contribution in [3.8, 4) is 11.8 Å². The summed E-state index contributed by atoms with van der Waals surface area (Å²) < 4.78 is 5.17. The van der Waals surface area contributed by atoms with Crippen LogP contribution in [0, 0.1) is 25.2 Å². The highest BCUT2D eigenvalue weighted by Crippen LogP contribution is 2.20. The molecule has 0 aliphatic heterocycles. The summed E-state index contributed by atoms with van der Waals surface area (Å²) in [5.41, 5.74) is 3.51. The number of benzene rings is 2. The van der Waals surface area contributed by atoms with Crippen molar-refractivity contribution in [3.63, 3.8) is 0 Å². The number of amides is 2. The van der Waals surface area contributed by atoms with E-state index in [1.807, 2.05) is 39.0 Å². The van der Waals surface area contributed by atoms with Gasteiger partial charge in [0.15, 0.2) is 0 Å². The van der Waals surface area contributed by atoms with Crippen LogP contribution in [-0.2, 0) is 9.59 Å². The molecular formula is C24H30N4O3. The third-order valence-corrected chi connectivity index (χ3v) is 4.79. The second kappa shape index (κ2) is 11.7. The normalized spacial score (nSPS) is 10.5. The molecule has 164 valence electrons. The van der Waals surface area contributed by atoms with Gasteiger partial charge in [0.2, 0.25) is 11.8 Å². The Labute approximate surface area is 184 Å². The maximum Gasteiger partial charge on any atom is 0.241 e. The van der Waals surface area contributed by atoms with Crippen LogP contribution >= 0.6 is 0 Å². The van der Waals surface area contributed by atoms with Gasteiger partial charge in [0.05, 0.1) is 32.7 Å². The average molecular weight is 423 g/mol. The first-order valence-corrected chi connectivity index (χ1v) is 10.3. The molecule has 0 saturated heterocycles. The van der Waals surface area contributed by atoms with Crippen LogP contribution in [0.25, 0.3) is 0 Å². The van der Waals surface area contributed by atoms with Gasteiger partial charge in [-0.1, -0.05) is 19.1 Å². The number of nitrogens with one attached hydrogen (secondary N) is 1. The molecule has 0 aliphatic rings. The molecule has 7 nitrogen and oxygen atoms in total. The van der Waals surface area contributed by atoms with Gasteiger partial charge in [-0.15, -0.1) is 0 Å². The van der Waals surface area contributed by atoms with Crippen molar-refractivity contribution in [2.45, 2.75) is 27.2 Å². The number of hydrogen-bond acceptors (Lipinski definition) is 5. The van der Waals surface area contributed by atoms with E-state index in [2.05, 4.69) is 11.4 Å². The Bertz CT molecular complexity index is 932. The Balaban J connectivity index is 2.07. The highest BCUT2D eigenvalue weighted by Gasteiger charge is 2.20. The summed E-state index contributed by atoms with van der Waals surface area (Å²) in [5.74, 6) is 0.302. The van der Waals surface area contributed by atoms with Crippen LogP contribution in [0.2, 0.25) is 0 Å². The van der Waals surface area contributed by atoms with Crippen LogP contribution in [0.4, 0.5) is 11.4 Å². The summed E-state index contributed by atoms with van der Waals surface area (Å²) in [7, 11) is 1.57. The van der Waals surface area contributed by atoms with Crippen molar-refractivity contribution in [1.82, 2.24) is 4.90 Å². The fraction of sp³-hybridized carbons (Fsp3) is 0.375. The minimum Gasteiger partial charge on any atom is -0.497 e. The zero-order valence-electron chi connectivity index (χ0n) is 18.6. The van der Waals surface area contributed by atoms with Crippen LogP contribution in [-0.4, -0.2) is 50.0 Å². The molecule has 0 saturated carbocycles. The fourth-order valence-corrected chi connectivity index (χ4v) is 3.33. The molecule has 0 spiro atoms. The molecule has 0 atom stereocenters. The van der Waals surface area contributed by atoms with Gasteiger partial charge < -0.3 is 15.0 Å². The monoisotopic (exact) mass is 422 g/mol. The molecule has 1 N–H and O–H groups in total. The minimum atomic E-state index is -0.210. The van der Waals surface area contributed by atoms with Gasteiger partial charge in [0.25, 0.3) is 0 Å². The molecular weight excluding hydrogens is 392 g/mol. The molecule has 0 heterocycles. The Morgan fingerprint density at radius 2 is 1.81 bits per heavy atom. The summed E-state index contributed by atoms with van der Waals surface area (Å²) in [4.78, 5) is 29.0. The topological polar surface area (TPSA) is 85.7 Å². The lowest BCUT2D eigenvalue weighted by Gasteiger charge is -2.26. The van der Waals surface area contributed by atoms with E-state index in [0.29, 0.717) is 24.5 Å². The number of carbonyl (C=O) groups excluding carboxylic acids is 2. The van der Waals surface area contributed by atoms with Crippen molar-refractivity contribution in [2.24, 2.45) is 0 Å². The van der Waals surface area contributed by atoms with E-state index in [1.165, 1.54) is 0 Å². The number of aryl methyl sites for hydroxylation is 2. The molecule has 0 aliphatic carbocycles. The number of methoxy groups -OCH3 is 1. The summed E-state index contributed by atoms with van der Waals surface area (Å²) in [5, 5.41) is 11.9. The van der Waals surface area contributed by atoms with E-state index in [0.717, 1.165) is 16.8 Å². The van der Waals surface area contributed by atoms with Gasteiger partial charge in [-0.25, -0.2) is 0 Å². The lowest BCUT2D eigenvalue weighted by molar-refractivity contribution is -0.121. The van der Waals surface area contributed by atoms with Crippen LogP contribution < -0.4 is 15.0 Å². The van der Waals surface area contributed by atoms with Gasteiger partial charge in [-0.05, 0) is 55.8 Å². The molecule has 0 fully saturated rings. The molecule has 7 heteroatoms. The number of likely N-dealkylation sites (N-methyl/N-ethyl adjacent to an activating group) is 1. The Morgan fingerprint density at radius 1 is 1.10 bits per heavy atom. The largest absolute Gasteiger partial charge is 0.497 e. The van der Waals surface area contributed by atoms with E-state index in [9.17, 15) is 9.59 Å². The van der Waals surface area contributed by atoms with E-state index in [4.69, 9.17) is 10.00 Å². The first-order chi connectivity index (χ1) is 14.9. The second-order valence-electron chi connectivity index (χ2n) is 7.38. The van der Waals surface area contributed by atoms with Crippen molar-refractivity contribution >= 4 is 23.2 Å². The molecule has 0 radical (unpaired) electrons. The van der Waals surface area contributed by atoms with Crippen LogP contribution in [0.1, 0.15) is 24.5 Å². The smallest absolute Gasteiger partial charge is 0.241 e. The molecule has 2 aromatic rings. The molecule has 0 aromatic heterocycles. The molecule has 2 amide bonds. The summed E-state index contributed by atoms with van der Waals surface area (Å²) in [6.45, 7) is 6.87. The Morgan fingerprint density at radius 3 is 2.42 bits per heavy atom. The molecule has 31 heavy (non-hydrogen) atoms. The van der Waals surface area contributed by atoms with Crippen molar-refractivity contribution in [3.05, 3.63) is 53.6 Å². The van der Waals surface area contributed by atoms with Crippen LogP contribution in [0.15, 0.2) is 42.5 Å². The number of nitriles is 1. The Hall–Kier alpha value is -3.37.